The van der Waals surface area contributed by atoms with Crippen LogP contribution in [-0.4, -0.2) is 29.5 Å². The van der Waals surface area contributed by atoms with Crippen LogP contribution in [-0.2, 0) is 27.2 Å². The van der Waals surface area contributed by atoms with Crippen molar-refractivity contribution in [1.82, 2.24) is 10.3 Å². The second-order valence-corrected chi connectivity index (χ2v) is 7.77. The fourth-order valence-corrected chi connectivity index (χ4v) is 4.00. The number of nitrogens with zero attached hydrogens (tertiary/aromatic N) is 1. The number of esters is 1. The van der Waals surface area contributed by atoms with E-state index < -0.39 is 12.1 Å². The largest absolute Gasteiger partial charge is 0.452 e. The summed E-state index contributed by atoms with van der Waals surface area (Å²) in [4.78, 5) is 28.6. The van der Waals surface area contributed by atoms with E-state index in [1.807, 2.05) is 22.2 Å². The number of hydrogen-bond acceptors (Lipinski definition) is 6. The molecule has 146 valence electrons. The monoisotopic (exact) mass is 418 g/mol. The highest BCUT2D eigenvalue weighted by atomic mass is 32.1. The van der Waals surface area contributed by atoms with Crippen molar-refractivity contribution in [2.75, 3.05) is 6.54 Å². The van der Waals surface area contributed by atoms with E-state index >= 15 is 0 Å². The molecule has 0 fully saturated rings. The molecule has 8 heteroatoms. The number of carbonyl (C=O) groups excluding carboxylic acids is 2. The summed E-state index contributed by atoms with van der Waals surface area (Å²) < 4.78 is 18.1. The van der Waals surface area contributed by atoms with E-state index in [1.54, 1.807) is 23.5 Å². The number of carbonyl (C=O) groups is 2. The normalized spacial score (nSPS) is 11.8. The minimum Gasteiger partial charge on any atom is -0.452 e. The quantitative estimate of drug-likeness (QED) is 0.565. The summed E-state index contributed by atoms with van der Waals surface area (Å²) in [6.07, 6.45) is -0.305. The van der Waals surface area contributed by atoms with Crippen molar-refractivity contribution in [2.45, 2.75) is 25.9 Å². The highest BCUT2D eigenvalue weighted by Crippen LogP contribution is 2.25. The summed E-state index contributed by atoms with van der Waals surface area (Å²) in [6.45, 7) is 1.91. The van der Waals surface area contributed by atoms with Crippen LogP contribution in [0.25, 0.3) is 10.6 Å². The topological polar surface area (TPSA) is 68.3 Å². The third-order valence-electron chi connectivity index (χ3n) is 3.95. The lowest BCUT2D eigenvalue weighted by molar-refractivity contribution is -0.154. The van der Waals surface area contributed by atoms with Crippen molar-refractivity contribution < 1.29 is 18.7 Å². The maximum atomic E-state index is 12.9. The van der Waals surface area contributed by atoms with E-state index in [4.69, 9.17) is 4.74 Å². The Morgan fingerprint density at radius 1 is 1.21 bits per heavy atom. The van der Waals surface area contributed by atoms with E-state index in [0.29, 0.717) is 18.7 Å². The van der Waals surface area contributed by atoms with Crippen LogP contribution in [0.4, 0.5) is 4.39 Å². The third kappa shape index (κ3) is 5.71. The molecule has 0 unspecified atom stereocenters. The third-order valence-corrected chi connectivity index (χ3v) is 5.57. The summed E-state index contributed by atoms with van der Waals surface area (Å²) in [7, 11) is 0. The van der Waals surface area contributed by atoms with E-state index in [9.17, 15) is 14.0 Å². The molecular formula is C20H19FN2O3S2. The Kier molecular flexibility index (Phi) is 6.89. The summed E-state index contributed by atoms with van der Waals surface area (Å²) in [5, 5.41) is 9.37. The van der Waals surface area contributed by atoms with Gasteiger partial charge in [-0.25, -0.2) is 9.37 Å². The predicted octanol–water partition coefficient (Wildman–Crippen LogP) is 3.84. The molecule has 3 rings (SSSR count). The summed E-state index contributed by atoms with van der Waals surface area (Å²) >= 11 is 3.06. The van der Waals surface area contributed by atoms with Gasteiger partial charge >= 0.3 is 5.97 Å². The zero-order valence-corrected chi connectivity index (χ0v) is 16.8. The number of benzene rings is 1. The summed E-state index contributed by atoms with van der Waals surface area (Å²) in [5.41, 5.74) is 2.57. The number of nitrogens with one attached hydrogen (secondary N) is 1. The van der Waals surface area contributed by atoms with Gasteiger partial charge in [-0.1, -0.05) is 12.1 Å². The molecule has 1 N–H and O–H groups in total. The van der Waals surface area contributed by atoms with Crippen LogP contribution >= 0.6 is 22.7 Å². The number of hydrogen-bond donors (Lipinski definition) is 1. The SMILES string of the molecule is C[C@H](OC(=O)Cc1csc(-c2ccsc2)n1)C(=O)NCCc1ccc(F)cc1. The first-order valence-electron chi connectivity index (χ1n) is 8.70. The molecule has 0 radical (unpaired) electrons. The van der Waals surface area contributed by atoms with Gasteiger partial charge in [0.1, 0.15) is 10.8 Å². The van der Waals surface area contributed by atoms with Gasteiger partial charge in [-0.2, -0.15) is 11.3 Å². The average molecular weight is 419 g/mol. The van der Waals surface area contributed by atoms with E-state index in [1.165, 1.54) is 30.4 Å². The van der Waals surface area contributed by atoms with Crippen molar-refractivity contribution in [3.8, 4) is 10.6 Å². The first-order valence-corrected chi connectivity index (χ1v) is 10.5. The molecule has 3 aromatic rings. The van der Waals surface area contributed by atoms with Crippen molar-refractivity contribution in [1.29, 1.82) is 0 Å². The van der Waals surface area contributed by atoms with Crippen LogP contribution in [0.1, 0.15) is 18.2 Å². The number of halogens is 1. The summed E-state index contributed by atoms with van der Waals surface area (Å²) in [6, 6.07) is 8.07. The predicted molar refractivity (Wildman–Crippen MR) is 108 cm³/mol. The van der Waals surface area contributed by atoms with Crippen molar-refractivity contribution in [3.05, 3.63) is 63.5 Å². The second kappa shape index (κ2) is 9.57. The van der Waals surface area contributed by atoms with Crippen LogP contribution in [0.3, 0.4) is 0 Å². The van der Waals surface area contributed by atoms with Crippen LogP contribution in [0.2, 0.25) is 0 Å². The fourth-order valence-electron chi connectivity index (χ4n) is 2.47. The molecule has 1 atom stereocenters. The van der Waals surface area contributed by atoms with Crippen LogP contribution in [0, 0.1) is 5.82 Å². The Labute approximate surface area is 170 Å². The molecule has 0 bridgehead atoms. The highest BCUT2D eigenvalue weighted by Gasteiger charge is 2.18. The number of rotatable bonds is 8. The van der Waals surface area contributed by atoms with Crippen LogP contribution in [0.5, 0.6) is 0 Å². The maximum Gasteiger partial charge on any atom is 0.312 e. The van der Waals surface area contributed by atoms with Crippen LogP contribution in [0.15, 0.2) is 46.5 Å². The Morgan fingerprint density at radius 2 is 2.00 bits per heavy atom. The molecule has 1 aromatic carbocycles. The van der Waals surface area contributed by atoms with Gasteiger partial charge in [0, 0.05) is 22.9 Å². The molecule has 0 aliphatic carbocycles. The first kappa shape index (κ1) is 20.2. The standard InChI is InChI=1S/C20H19FN2O3S2/c1-13(19(25)22-8-6-14-2-4-16(21)5-3-14)26-18(24)10-17-12-28-20(23-17)15-7-9-27-11-15/h2-5,7,9,11-13H,6,8,10H2,1H3,(H,22,25)/t13-/m0/s1. The smallest absolute Gasteiger partial charge is 0.312 e. The van der Waals surface area contributed by atoms with Gasteiger partial charge in [0.05, 0.1) is 12.1 Å². The maximum absolute atomic E-state index is 12.9. The van der Waals surface area contributed by atoms with Gasteiger partial charge in [-0.15, -0.1) is 11.3 Å². The zero-order valence-electron chi connectivity index (χ0n) is 15.2. The van der Waals surface area contributed by atoms with Gasteiger partial charge in [0.2, 0.25) is 0 Å². The molecule has 0 aliphatic heterocycles. The number of thiazole rings is 1. The molecule has 0 aliphatic rings. The molecule has 0 saturated carbocycles. The van der Waals surface area contributed by atoms with Gasteiger partial charge < -0.3 is 10.1 Å². The number of thiophene rings is 1. The van der Waals surface area contributed by atoms with E-state index in [2.05, 4.69) is 10.3 Å². The lowest BCUT2D eigenvalue weighted by atomic mass is 10.1. The zero-order chi connectivity index (χ0) is 19.9. The molecule has 0 saturated heterocycles. The van der Waals surface area contributed by atoms with Crippen LogP contribution < -0.4 is 5.32 Å². The Bertz CT molecular complexity index is 923. The lowest BCUT2D eigenvalue weighted by Gasteiger charge is -2.13. The fraction of sp³-hybridized carbons (Fsp3) is 0.250. The Balaban J connectivity index is 1.42. The van der Waals surface area contributed by atoms with Gasteiger partial charge in [-0.05, 0) is 42.5 Å². The molecule has 1 amide bonds. The van der Waals surface area contributed by atoms with Gasteiger partial charge in [-0.3, -0.25) is 9.59 Å². The minimum atomic E-state index is -0.893. The lowest BCUT2D eigenvalue weighted by Crippen LogP contribution is -2.37. The molecule has 2 heterocycles. The van der Waals surface area contributed by atoms with E-state index in [0.717, 1.165) is 16.1 Å². The number of amides is 1. The molecule has 28 heavy (non-hydrogen) atoms. The number of ether oxygens (including phenoxy) is 1. The molecule has 2 aromatic heterocycles. The second-order valence-electron chi connectivity index (χ2n) is 6.13. The number of aromatic nitrogens is 1. The van der Waals surface area contributed by atoms with Crippen molar-refractivity contribution in [3.63, 3.8) is 0 Å². The Morgan fingerprint density at radius 3 is 2.71 bits per heavy atom. The van der Waals surface area contributed by atoms with E-state index in [-0.39, 0.29) is 18.1 Å². The first-order chi connectivity index (χ1) is 13.5. The summed E-state index contributed by atoms with van der Waals surface area (Å²) in [5.74, 6) is -1.16. The van der Waals surface area contributed by atoms with Crippen molar-refractivity contribution in [2.24, 2.45) is 0 Å². The molecular weight excluding hydrogens is 399 g/mol. The Hall–Kier alpha value is -2.58. The molecule has 0 spiro atoms. The van der Waals surface area contributed by atoms with Gasteiger partial charge in [0.15, 0.2) is 6.10 Å². The minimum absolute atomic E-state index is 0.0217. The molecule has 5 nitrogen and oxygen atoms in total. The van der Waals surface area contributed by atoms with Crippen molar-refractivity contribution >= 4 is 34.6 Å². The highest BCUT2D eigenvalue weighted by molar-refractivity contribution is 7.14. The van der Waals surface area contributed by atoms with Gasteiger partial charge in [0.25, 0.3) is 5.91 Å². The average Bonchev–Trinajstić information content (AvgIpc) is 3.34.